The van der Waals surface area contributed by atoms with Crippen LogP contribution in [0.25, 0.3) is 0 Å². The zero-order valence-corrected chi connectivity index (χ0v) is 6.64. The highest BCUT2D eigenvalue weighted by molar-refractivity contribution is 5.40. The molecular weight excluding hydrogens is 158 g/mol. The van der Waals surface area contributed by atoms with Crippen molar-refractivity contribution in [1.82, 2.24) is 0 Å². The van der Waals surface area contributed by atoms with Gasteiger partial charge in [0.1, 0.15) is 0 Å². The molecule has 1 rings (SSSR count). The summed E-state index contributed by atoms with van der Waals surface area (Å²) >= 11 is 0. The first-order valence-electron chi connectivity index (χ1n) is 3.55. The molecule has 0 aliphatic rings. The molecule has 0 saturated carbocycles. The SMILES string of the molecule is Cc1ccccc1C#CC(F)F. The number of rotatable bonds is 0. The Bertz CT molecular complexity index is 318. The topological polar surface area (TPSA) is 0 Å². The monoisotopic (exact) mass is 166 g/mol. The standard InChI is InChI=1S/C10H8F2/c1-8-4-2-3-5-9(8)6-7-10(11)12/h2-5,10H,1H3. The summed E-state index contributed by atoms with van der Waals surface area (Å²) in [5.74, 6) is 4.23. The van der Waals surface area contributed by atoms with Crippen LogP contribution >= 0.6 is 0 Å². The summed E-state index contributed by atoms with van der Waals surface area (Å²) in [7, 11) is 0. The van der Waals surface area contributed by atoms with Crippen molar-refractivity contribution in [2.24, 2.45) is 0 Å². The zero-order chi connectivity index (χ0) is 8.97. The van der Waals surface area contributed by atoms with Crippen LogP contribution < -0.4 is 0 Å². The lowest BCUT2D eigenvalue weighted by Crippen LogP contribution is -1.84. The summed E-state index contributed by atoms with van der Waals surface area (Å²) in [6.45, 7) is 1.84. The number of benzene rings is 1. The highest BCUT2D eigenvalue weighted by Crippen LogP contribution is 2.04. The Morgan fingerprint density at radius 2 is 1.92 bits per heavy atom. The maximum atomic E-state index is 11.7. The van der Waals surface area contributed by atoms with Crippen LogP contribution in [0.4, 0.5) is 8.78 Å². The molecule has 2 heteroatoms. The number of halogens is 2. The van der Waals surface area contributed by atoms with Crippen molar-refractivity contribution >= 4 is 0 Å². The van der Waals surface area contributed by atoms with Gasteiger partial charge in [-0.2, -0.15) is 8.78 Å². The maximum absolute atomic E-state index is 11.7. The molecule has 0 nitrogen and oxygen atoms in total. The van der Waals surface area contributed by atoms with Gasteiger partial charge >= 0.3 is 0 Å². The van der Waals surface area contributed by atoms with Crippen molar-refractivity contribution in [3.63, 3.8) is 0 Å². The minimum Gasteiger partial charge on any atom is -0.196 e. The van der Waals surface area contributed by atoms with Crippen LogP contribution in [0, 0.1) is 18.8 Å². The molecule has 0 saturated heterocycles. The van der Waals surface area contributed by atoms with Gasteiger partial charge in [-0.05, 0) is 24.5 Å². The average Bonchev–Trinajstić information content (AvgIpc) is 2.03. The van der Waals surface area contributed by atoms with Crippen molar-refractivity contribution in [2.75, 3.05) is 0 Å². The Morgan fingerprint density at radius 3 is 2.50 bits per heavy atom. The van der Waals surface area contributed by atoms with E-state index in [2.05, 4.69) is 5.92 Å². The molecule has 0 atom stereocenters. The Hall–Kier alpha value is -1.36. The lowest BCUT2D eigenvalue weighted by Gasteiger charge is -1.94. The van der Waals surface area contributed by atoms with Gasteiger partial charge < -0.3 is 0 Å². The highest BCUT2D eigenvalue weighted by Gasteiger charge is 1.94. The van der Waals surface area contributed by atoms with E-state index in [1.54, 1.807) is 12.1 Å². The lowest BCUT2D eigenvalue weighted by atomic mass is 10.1. The zero-order valence-electron chi connectivity index (χ0n) is 6.64. The van der Waals surface area contributed by atoms with Gasteiger partial charge in [-0.15, -0.1) is 0 Å². The third-order valence-electron chi connectivity index (χ3n) is 1.46. The molecule has 0 aromatic heterocycles. The Balaban J connectivity index is 2.92. The van der Waals surface area contributed by atoms with E-state index >= 15 is 0 Å². The molecule has 0 aliphatic heterocycles. The van der Waals surface area contributed by atoms with Crippen LogP contribution in [0.15, 0.2) is 24.3 Å². The molecular formula is C10H8F2. The number of alkyl halides is 2. The van der Waals surface area contributed by atoms with E-state index in [0.717, 1.165) is 5.56 Å². The molecule has 0 heterocycles. The van der Waals surface area contributed by atoms with Crippen molar-refractivity contribution in [2.45, 2.75) is 13.3 Å². The first kappa shape index (κ1) is 8.73. The summed E-state index contributed by atoms with van der Waals surface area (Å²) in [5, 5.41) is 0. The third-order valence-corrected chi connectivity index (χ3v) is 1.46. The van der Waals surface area contributed by atoms with Gasteiger partial charge in [-0.1, -0.05) is 24.1 Å². The smallest absolute Gasteiger partial charge is 0.196 e. The van der Waals surface area contributed by atoms with Gasteiger partial charge in [-0.25, -0.2) is 0 Å². The maximum Gasteiger partial charge on any atom is 0.299 e. The minimum absolute atomic E-state index is 0.665. The van der Waals surface area contributed by atoms with E-state index in [9.17, 15) is 8.78 Å². The first-order valence-corrected chi connectivity index (χ1v) is 3.55. The molecule has 62 valence electrons. The average molecular weight is 166 g/mol. The van der Waals surface area contributed by atoms with E-state index in [0.29, 0.717) is 5.56 Å². The van der Waals surface area contributed by atoms with E-state index in [1.807, 2.05) is 25.0 Å². The predicted molar refractivity (Wildman–Crippen MR) is 44.1 cm³/mol. The summed E-state index contributed by atoms with van der Waals surface area (Å²) in [5.41, 5.74) is 1.59. The summed E-state index contributed by atoms with van der Waals surface area (Å²) in [4.78, 5) is 0. The van der Waals surface area contributed by atoms with Crippen molar-refractivity contribution in [1.29, 1.82) is 0 Å². The van der Waals surface area contributed by atoms with Crippen LogP contribution in [0.2, 0.25) is 0 Å². The quantitative estimate of drug-likeness (QED) is 0.520. The highest BCUT2D eigenvalue weighted by atomic mass is 19.3. The molecule has 1 aromatic carbocycles. The van der Waals surface area contributed by atoms with E-state index in [4.69, 9.17) is 0 Å². The molecule has 1 aromatic rings. The number of aryl methyl sites for hydroxylation is 1. The van der Waals surface area contributed by atoms with Gasteiger partial charge in [0, 0.05) is 5.56 Å². The molecule has 0 spiro atoms. The van der Waals surface area contributed by atoms with Crippen LogP contribution in [-0.2, 0) is 0 Å². The number of hydrogen-bond acceptors (Lipinski definition) is 0. The predicted octanol–water partition coefficient (Wildman–Crippen LogP) is 2.61. The Labute approximate surface area is 70.2 Å². The summed E-state index contributed by atoms with van der Waals surface area (Å²) < 4.78 is 23.4. The fourth-order valence-corrected chi connectivity index (χ4v) is 0.845. The van der Waals surface area contributed by atoms with Crippen molar-refractivity contribution in [3.05, 3.63) is 35.4 Å². The van der Waals surface area contributed by atoms with Gasteiger partial charge in [0.15, 0.2) is 0 Å². The molecule has 0 bridgehead atoms. The summed E-state index contributed by atoms with van der Waals surface area (Å²) in [6, 6.07) is 7.20. The fraction of sp³-hybridized carbons (Fsp3) is 0.200. The molecule has 12 heavy (non-hydrogen) atoms. The van der Waals surface area contributed by atoms with E-state index in [-0.39, 0.29) is 0 Å². The number of hydrogen-bond donors (Lipinski definition) is 0. The van der Waals surface area contributed by atoms with E-state index in [1.165, 1.54) is 0 Å². The second-order valence-electron chi connectivity index (χ2n) is 2.38. The summed E-state index contributed by atoms with van der Waals surface area (Å²) in [6.07, 6.45) is -2.55. The molecule has 0 aliphatic carbocycles. The van der Waals surface area contributed by atoms with Gasteiger partial charge in [-0.3, -0.25) is 0 Å². The molecule has 0 N–H and O–H groups in total. The Kier molecular flexibility index (Phi) is 2.82. The van der Waals surface area contributed by atoms with Crippen molar-refractivity contribution in [3.8, 4) is 11.8 Å². The van der Waals surface area contributed by atoms with Gasteiger partial charge in [0.2, 0.25) is 0 Å². The fourth-order valence-electron chi connectivity index (χ4n) is 0.845. The van der Waals surface area contributed by atoms with Crippen LogP contribution in [0.3, 0.4) is 0 Å². The largest absolute Gasteiger partial charge is 0.299 e. The Morgan fingerprint density at radius 1 is 1.25 bits per heavy atom. The third kappa shape index (κ3) is 2.35. The lowest BCUT2D eigenvalue weighted by molar-refractivity contribution is 0.215. The first-order chi connectivity index (χ1) is 5.70. The van der Waals surface area contributed by atoms with E-state index < -0.39 is 6.43 Å². The second-order valence-corrected chi connectivity index (χ2v) is 2.38. The molecule has 0 fully saturated rings. The van der Waals surface area contributed by atoms with Crippen LogP contribution in [-0.4, -0.2) is 6.43 Å². The van der Waals surface area contributed by atoms with Crippen LogP contribution in [0.1, 0.15) is 11.1 Å². The van der Waals surface area contributed by atoms with Crippen LogP contribution in [0.5, 0.6) is 0 Å². The van der Waals surface area contributed by atoms with Gasteiger partial charge in [0.25, 0.3) is 6.43 Å². The molecule has 0 unspecified atom stereocenters. The van der Waals surface area contributed by atoms with Crippen molar-refractivity contribution < 1.29 is 8.78 Å². The normalized spacial score (nSPS) is 9.33. The van der Waals surface area contributed by atoms with Gasteiger partial charge in [0.05, 0.1) is 0 Å². The second kappa shape index (κ2) is 3.87. The molecule has 0 radical (unpaired) electrons. The molecule has 0 amide bonds. The minimum atomic E-state index is -2.55.